The zero-order valence-electron chi connectivity index (χ0n) is 12.7. The Kier molecular flexibility index (Phi) is 4.20. The third-order valence-electron chi connectivity index (χ3n) is 4.24. The Hall–Kier alpha value is -1.44. The molecule has 0 spiro atoms. The van der Waals surface area contributed by atoms with Gasteiger partial charge in [-0.2, -0.15) is 4.98 Å². The molecular formula is C14H21N3O4S. The number of sulfone groups is 1. The number of carbonyl (C=O) groups excluding carboxylic acids is 1. The predicted octanol–water partition coefficient (Wildman–Crippen LogP) is 1.26. The van der Waals surface area contributed by atoms with Crippen molar-refractivity contribution >= 4 is 15.7 Å². The summed E-state index contributed by atoms with van der Waals surface area (Å²) >= 11 is 0. The standard InChI is InChI=1S/C14H21N3O4S/c1-10-4-2-3-7-17(10)13(18)9-22(19,20)8-12-15-14(16-21-12)11-5-6-11/h10-11H,2-9H2,1H3/t10-/m0/s1. The molecule has 8 heteroatoms. The number of hydrogen-bond acceptors (Lipinski definition) is 6. The number of likely N-dealkylation sites (tertiary alicyclic amines) is 1. The van der Waals surface area contributed by atoms with Crippen molar-refractivity contribution in [3.63, 3.8) is 0 Å². The monoisotopic (exact) mass is 327 g/mol. The Morgan fingerprint density at radius 3 is 2.77 bits per heavy atom. The van der Waals surface area contributed by atoms with Crippen molar-refractivity contribution in [2.75, 3.05) is 12.3 Å². The smallest absolute Gasteiger partial charge is 0.241 e. The quantitative estimate of drug-likeness (QED) is 0.808. The summed E-state index contributed by atoms with van der Waals surface area (Å²) in [6.45, 7) is 2.60. The van der Waals surface area contributed by atoms with Gasteiger partial charge >= 0.3 is 0 Å². The zero-order chi connectivity index (χ0) is 15.7. The van der Waals surface area contributed by atoms with Gasteiger partial charge in [0.2, 0.25) is 11.8 Å². The van der Waals surface area contributed by atoms with Crippen molar-refractivity contribution in [1.82, 2.24) is 15.0 Å². The molecule has 22 heavy (non-hydrogen) atoms. The molecule has 2 fully saturated rings. The molecule has 0 radical (unpaired) electrons. The molecule has 2 aliphatic rings. The molecule has 1 amide bonds. The van der Waals surface area contributed by atoms with Crippen LogP contribution in [0, 0.1) is 0 Å². The maximum absolute atomic E-state index is 12.2. The van der Waals surface area contributed by atoms with Crippen molar-refractivity contribution in [3.05, 3.63) is 11.7 Å². The molecule has 1 aliphatic carbocycles. The van der Waals surface area contributed by atoms with Crippen molar-refractivity contribution < 1.29 is 17.7 Å². The Morgan fingerprint density at radius 2 is 2.09 bits per heavy atom. The van der Waals surface area contributed by atoms with Crippen LogP contribution in [-0.4, -0.2) is 47.7 Å². The highest BCUT2D eigenvalue weighted by Crippen LogP contribution is 2.38. The first-order valence-corrected chi connectivity index (χ1v) is 9.59. The summed E-state index contributed by atoms with van der Waals surface area (Å²) in [5, 5.41) is 3.80. The Bertz CT molecular complexity index is 651. The first kappa shape index (κ1) is 15.5. The van der Waals surface area contributed by atoms with Crippen LogP contribution in [0.3, 0.4) is 0 Å². The zero-order valence-corrected chi connectivity index (χ0v) is 13.5. The molecule has 7 nitrogen and oxygen atoms in total. The summed E-state index contributed by atoms with van der Waals surface area (Å²) in [5.41, 5.74) is 0. The van der Waals surface area contributed by atoms with Crippen LogP contribution in [0.15, 0.2) is 4.52 Å². The highest BCUT2D eigenvalue weighted by atomic mass is 32.2. The number of hydrogen-bond donors (Lipinski definition) is 0. The Labute approximate surface area is 130 Å². The molecule has 3 rings (SSSR count). The van der Waals surface area contributed by atoms with E-state index in [2.05, 4.69) is 10.1 Å². The number of piperidine rings is 1. The van der Waals surface area contributed by atoms with Crippen LogP contribution in [0.25, 0.3) is 0 Å². The number of carbonyl (C=O) groups is 1. The van der Waals surface area contributed by atoms with Gasteiger partial charge in [-0.25, -0.2) is 8.42 Å². The van der Waals surface area contributed by atoms with Crippen molar-refractivity contribution in [3.8, 4) is 0 Å². The van der Waals surface area contributed by atoms with E-state index in [1.54, 1.807) is 4.90 Å². The second-order valence-electron chi connectivity index (χ2n) is 6.28. The Balaban J connectivity index is 1.60. The van der Waals surface area contributed by atoms with Crippen molar-refractivity contribution in [2.24, 2.45) is 0 Å². The van der Waals surface area contributed by atoms with Gasteiger partial charge in [0, 0.05) is 18.5 Å². The third kappa shape index (κ3) is 3.66. The fourth-order valence-electron chi connectivity index (χ4n) is 2.81. The van der Waals surface area contributed by atoms with Gasteiger partial charge in [-0.3, -0.25) is 4.79 Å². The summed E-state index contributed by atoms with van der Waals surface area (Å²) in [4.78, 5) is 18.0. The van der Waals surface area contributed by atoms with E-state index >= 15 is 0 Å². The molecule has 1 saturated carbocycles. The lowest BCUT2D eigenvalue weighted by Crippen LogP contribution is -2.44. The normalized spacial score (nSPS) is 22.8. The molecule has 1 atom stereocenters. The molecule has 0 unspecified atom stereocenters. The van der Waals surface area contributed by atoms with E-state index in [0.29, 0.717) is 18.3 Å². The average molecular weight is 327 g/mol. The summed E-state index contributed by atoms with van der Waals surface area (Å²) < 4.78 is 29.3. The van der Waals surface area contributed by atoms with Crippen molar-refractivity contribution in [1.29, 1.82) is 0 Å². The second-order valence-corrected chi connectivity index (χ2v) is 8.35. The van der Waals surface area contributed by atoms with Gasteiger partial charge in [0.1, 0.15) is 11.5 Å². The van der Waals surface area contributed by atoms with Crippen LogP contribution >= 0.6 is 0 Å². The van der Waals surface area contributed by atoms with Crippen LogP contribution in [0.4, 0.5) is 0 Å². The van der Waals surface area contributed by atoms with Crippen LogP contribution in [0.1, 0.15) is 56.7 Å². The van der Waals surface area contributed by atoms with E-state index in [9.17, 15) is 13.2 Å². The van der Waals surface area contributed by atoms with Gasteiger partial charge < -0.3 is 9.42 Å². The van der Waals surface area contributed by atoms with E-state index in [4.69, 9.17) is 4.52 Å². The van der Waals surface area contributed by atoms with E-state index in [0.717, 1.165) is 32.1 Å². The topological polar surface area (TPSA) is 93.4 Å². The van der Waals surface area contributed by atoms with Crippen LogP contribution < -0.4 is 0 Å². The van der Waals surface area contributed by atoms with Gasteiger partial charge in [0.25, 0.3) is 0 Å². The van der Waals surface area contributed by atoms with Crippen molar-refractivity contribution in [2.45, 2.75) is 56.7 Å². The molecule has 0 N–H and O–H groups in total. The molecule has 0 bridgehead atoms. The lowest BCUT2D eigenvalue weighted by atomic mass is 10.0. The van der Waals surface area contributed by atoms with E-state index in [1.165, 1.54) is 0 Å². The maximum Gasteiger partial charge on any atom is 0.241 e. The fourth-order valence-corrected chi connectivity index (χ4v) is 3.95. The molecule has 1 saturated heterocycles. The molecule has 2 heterocycles. The second kappa shape index (κ2) is 5.98. The highest BCUT2D eigenvalue weighted by molar-refractivity contribution is 7.91. The minimum atomic E-state index is -3.59. The molecular weight excluding hydrogens is 306 g/mol. The number of aromatic nitrogens is 2. The maximum atomic E-state index is 12.2. The van der Waals surface area contributed by atoms with Gasteiger partial charge in [-0.1, -0.05) is 5.16 Å². The summed E-state index contributed by atoms with van der Waals surface area (Å²) in [6.07, 6.45) is 5.00. The molecule has 1 aromatic heterocycles. The molecule has 1 aromatic rings. The largest absolute Gasteiger partial charge is 0.339 e. The minimum absolute atomic E-state index is 0.0846. The molecule has 122 valence electrons. The minimum Gasteiger partial charge on any atom is -0.339 e. The summed E-state index contributed by atoms with van der Waals surface area (Å²) in [5.74, 6) is -0.188. The summed E-state index contributed by atoms with van der Waals surface area (Å²) in [6, 6.07) is 0.112. The number of amides is 1. The first-order valence-electron chi connectivity index (χ1n) is 7.77. The third-order valence-corrected chi connectivity index (χ3v) is 5.61. The predicted molar refractivity (Wildman–Crippen MR) is 78.8 cm³/mol. The molecule has 1 aliphatic heterocycles. The highest BCUT2D eigenvalue weighted by Gasteiger charge is 2.31. The van der Waals surface area contributed by atoms with Crippen LogP contribution in [0.5, 0.6) is 0 Å². The lowest BCUT2D eigenvalue weighted by molar-refractivity contribution is -0.131. The SMILES string of the molecule is C[C@H]1CCCCN1C(=O)CS(=O)(=O)Cc1nc(C2CC2)no1. The van der Waals surface area contributed by atoms with Gasteiger partial charge in [-0.05, 0) is 39.0 Å². The first-order chi connectivity index (χ1) is 10.4. The lowest BCUT2D eigenvalue weighted by Gasteiger charge is -2.33. The van der Waals surface area contributed by atoms with Crippen LogP contribution in [0.2, 0.25) is 0 Å². The van der Waals surface area contributed by atoms with Crippen LogP contribution in [-0.2, 0) is 20.4 Å². The summed E-state index contributed by atoms with van der Waals surface area (Å²) in [7, 11) is -3.59. The van der Waals surface area contributed by atoms with E-state index in [-0.39, 0.29) is 23.6 Å². The van der Waals surface area contributed by atoms with E-state index < -0.39 is 15.6 Å². The Morgan fingerprint density at radius 1 is 1.32 bits per heavy atom. The van der Waals surface area contributed by atoms with Gasteiger partial charge in [-0.15, -0.1) is 0 Å². The van der Waals surface area contributed by atoms with E-state index in [1.807, 2.05) is 6.92 Å². The fraction of sp³-hybridized carbons (Fsp3) is 0.786. The number of rotatable bonds is 5. The number of nitrogens with zero attached hydrogens (tertiary/aromatic N) is 3. The van der Waals surface area contributed by atoms with Gasteiger partial charge in [0.05, 0.1) is 0 Å². The van der Waals surface area contributed by atoms with Gasteiger partial charge in [0.15, 0.2) is 15.7 Å². The average Bonchev–Trinajstić information content (AvgIpc) is 3.19. The molecule has 0 aromatic carbocycles.